The Balaban J connectivity index is 2.27. The summed E-state index contributed by atoms with van der Waals surface area (Å²) in [4.78, 5) is 28.0. The second kappa shape index (κ2) is 10.4. The van der Waals surface area contributed by atoms with Crippen LogP contribution in [0.25, 0.3) is 0 Å². The molecule has 0 radical (unpaired) electrons. The number of guanidine groups is 1. The van der Waals surface area contributed by atoms with Gasteiger partial charge in [0.1, 0.15) is 0 Å². The molecule has 0 saturated carbocycles. The van der Waals surface area contributed by atoms with Crippen LogP contribution in [-0.4, -0.2) is 66.5 Å². The van der Waals surface area contributed by atoms with Gasteiger partial charge in [0, 0.05) is 46.1 Å². The van der Waals surface area contributed by atoms with Gasteiger partial charge in [0.15, 0.2) is 5.96 Å². The second-order valence-electron chi connectivity index (χ2n) is 5.64. The van der Waals surface area contributed by atoms with E-state index in [9.17, 15) is 4.79 Å². The van der Waals surface area contributed by atoms with Gasteiger partial charge in [-0.25, -0.2) is 9.97 Å². The first-order valence-corrected chi connectivity index (χ1v) is 7.96. The van der Waals surface area contributed by atoms with Crippen LogP contribution in [0.5, 0.6) is 0 Å². The fourth-order valence-corrected chi connectivity index (χ4v) is 2.17. The van der Waals surface area contributed by atoms with Crippen LogP contribution in [-0.2, 0) is 4.79 Å². The normalized spacial score (nSPS) is 11.6. The van der Waals surface area contributed by atoms with E-state index in [0.717, 1.165) is 13.0 Å². The summed E-state index contributed by atoms with van der Waals surface area (Å²) in [7, 11) is 3.68. The van der Waals surface area contributed by atoms with E-state index in [1.807, 2.05) is 11.9 Å². The lowest BCUT2D eigenvalue weighted by Gasteiger charge is -2.23. The molecule has 1 heterocycles. The molecular weight excluding hydrogens is 308 g/mol. The molecule has 1 atom stereocenters. The van der Waals surface area contributed by atoms with Gasteiger partial charge in [0.2, 0.25) is 11.9 Å². The Morgan fingerprint density at radius 1 is 1.21 bits per heavy atom. The third kappa shape index (κ3) is 7.23. The molecule has 0 fully saturated rings. The number of hydrogen-bond donors (Lipinski definition) is 3. The van der Waals surface area contributed by atoms with Gasteiger partial charge in [-0.1, -0.05) is 0 Å². The molecule has 6 N–H and O–H groups in total. The summed E-state index contributed by atoms with van der Waals surface area (Å²) in [5.74, 6) is 0.653. The van der Waals surface area contributed by atoms with Crippen molar-refractivity contribution in [2.45, 2.75) is 25.3 Å². The van der Waals surface area contributed by atoms with Crippen molar-refractivity contribution in [1.29, 1.82) is 0 Å². The van der Waals surface area contributed by atoms with Crippen LogP contribution >= 0.6 is 0 Å². The summed E-state index contributed by atoms with van der Waals surface area (Å²) in [6, 6.07) is 1.25. The highest BCUT2D eigenvalue weighted by Crippen LogP contribution is 2.04. The van der Waals surface area contributed by atoms with E-state index in [0.29, 0.717) is 31.9 Å². The third-order valence-corrected chi connectivity index (χ3v) is 3.54. The number of carbonyl (C=O) groups is 1. The summed E-state index contributed by atoms with van der Waals surface area (Å²) in [6.07, 6.45) is 5.44. The summed E-state index contributed by atoms with van der Waals surface area (Å²) < 4.78 is 0. The SMILES string of the molecule is CN(CCCN(C)c1ncccn1)C(=O)[C@@H](N)CCCN=C(N)N. The minimum absolute atomic E-state index is 0.0542. The zero-order valence-corrected chi connectivity index (χ0v) is 14.4. The van der Waals surface area contributed by atoms with Crippen LogP contribution in [0.2, 0.25) is 0 Å². The summed E-state index contributed by atoms with van der Waals surface area (Å²) in [6.45, 7) is 1.86. The van der Waals surface area contributed by atoms with Crippen LogP contribution in [0.4, 0.5) is 5.95 Å². The smallest absolute Gasteiger partial charge is 0.239 e. The highest BCUT2D eigenvalue weighted by molar-refractivity contribution is 5.81. The van der Waals surface area contributed by atoms with Gasteiger partial charge < -0.3 is 27.0 Å². The monoisotopic (exact) mass is 336 g/mol. The van der Waals surface area contributed by atoms with E-state index in [1.54, 1.807) is 30.4 Å². The van der Waals surface area contributed by atoms with Gasteiger partial charge in [-0.15, -0.1) is 0 Å². The van der Waals surface area contributed by atoms with Crippen molar-refractivity contribution < 1.29 is 4.79 Å². The minimum atomic E-state index is -0.528. The molecule has 1 amide bonds. The van der Waals surface area contributed by atoms with E-state index >= 15 is 0 Å². The number of carbonyl (C=O) groups excluding carboxylic acids is 1. The van der Waals surface area contributed by atoms with Gasteiger partial charge >= 0.3 is 0 Å². The number of anilines is 1. The molecule has 134 valence electrons. The number of aliphatic imine (C=N–C) groups is 1. The quantitative estimate of drug-likeness (QED) is 0.287. The molecule has 0 aromatic carbocycles. The average molecular weight is 336 g/mol. The average Bonchev–Trinajstić information content (AvgIpc) is 2.58. The van der Waals surface area contributed by atoms with E-state index in [-0.39, 0.29) is 11.9 Å². The van der Waals surface area contributed by atoms with Crippen LogP contribution in [0.15, 0.2) is 23.5 Å². The van der Waals surface area contributed by atoms with Gasteiger partial charge in [-0.3, -0.25) is 9.79 Å². The van der Waals surface area contributed by atoms with Crippen LogP contribution in [0.3, 0.4) is 0 Å². The zero-order valence-electron chi connectivity index (χ0n) is 14.4. The van der Waals surface area contributed by atoms with Crippen molar-refractivity contribution in [1.82, 2.24) is 14.9 Å². The Bertz CT molecular complexity index is 517. The minimum Gasteiger partial charge on any atom is -0.370 e. The van der Waals surface area contributed by atoms with Gasteiger partial charge in [-0.2, -0.15) is 0 Å². The molecular formula is C15H28N8O. The first kappa shape index (κ1) is 19.6. The van der Waals surface area contributed by atoms with E-state index < -0.39 is 6.04 Å². The van der Waals surface area contributed by atoms with Crippen molar-refractivity contribution in [3.63, 3.8) is 0 Å². The molecule has 0 bridgehead atoms. The summed E-state index contributed by atoms with van der Waals surface area (Å²) in [5.41, 5.74) is 16.4. The number of hydrogen-bond acceptors (Lipinski definition) is 6. The van der Waals surface area contributed by atoms with Gasteiger partial charge in [0.25, 0.3) is 0 Å². The molecule has 0 unspecified atom stereocenters. The number of amides is 1. The van der Waals surface area contributed by atoms with Crippen LogP contribution in [0.1, 0.15) is 19.3 Å². The highest BCUT2D eigenvalue weighted by Gasteiger charge is 2.17. The van der Waals surface area contributed by atoms with Crippen molar-refractivity contribution in [2.75, 3.05) is 38.6 Å². The van der Waals surface area contributed by atoms with Crippen molar-refractivity contribution in [3.05, 3.63) is 18.5 Å². The molecule has 24 heavy (non-hydrogen) atoms. The first-order chi connectivity index (χ1) is 11.4. The lowest BCUT2D eigenvalue weighted by atomic mass is 10.1. The lowest BCUT2D eigenvalue weighted by Crippen LogP contribution is -2.42. The Morgan fingerprint density at radius 3 is 2.50 bits per heavy atom. The predicted octanol–water partition coefficient (Wildman–Crippen LogP) is -0.858. The number of nitrogens with zero attached hydrogens (tertiary/aromatic N) is 5. The van der Waals surface area contributed by atoms with E-state index in [1.165, 1.54) is 0 Å². The number of rotatable bonds is 10. The maximum absolute atomic E-state index is 12.2. The molecule has 1 rings (SSSR count). The Kier molecular flexibility index (Phi) is 8.48. The van der Waals surface area contributed by atoms with E-state index in [4.69, 9.17) is 17.2 Å². The molecule has 0 aliphatic rings. The van der Waals surface area contributed by atoms with Crippen LogP contribution in [0, 0.1) is 0 Å². The number of aromatic nitrogens is 2. The number of nitrogens with two attached hydrogens (primary N) is 3. The molecule has 1 aromatic rings. The number of likely N-dealkylation sites (N-methyl/N-ethyl adjacent to an activating group) is 1. The lowest BCUT2D eigenvalue weighted by molar-refractivity contribution is -0.131. The van der Waals surface area contributed by atoms with Crippen LogP contribution < -0.4 is 22.1 Å². The predicted molar refractivity (Wildman–Crippen MR) is 95.4 cm³/mol. The highest BCUT2D eigenvalue weighted by atomic mass is 16.2. The fraction of sp³-hybridized carbons (Fsp3) is 0.600. The van der Waals surface area contributed by atoms with Gasteiger partial charge in [0.05, 0.1) is 6.04 Å². The zero-order chi connectivity index (χ0) is 17.9. The van der Waals surface area contributed by atoms with Crippen molar-refractivity contribution >= 4 is 17.8 Å². The van der Waals surface area contributed by atoms with Crippen molar-refractivity contribution in [2.24, 2.45) is 22.2 Å². The third-order valence-electron chi connectivity index (χ3n) is 3.54. The summed E-state index contributed by atoms with van der Waals surface area (Å²) in [5, 5.41) is 0. The largest absolute Gasteiger partial charge is 0.370 e. The fourth-order valence-electron chi connectivity index (χ4n) is 2.17. The summed E-state index contributed by atoms with van der Waals surface area (Å²) >= 11 is 0. The maximum atomic E-state index is 12.2. The molecule has 1 aromatic heterocycles. The Hall–Kier alpha value is -2.42. The standard InChI is InChI=1S/C15H28N8O/c1-22(13(24)12(16)6-3-7-19-14(17)18)10-5-11-23(2)15-20-8-4-9-21-15/h4,8-9,12H,3,5-7,10-11,16H2,1-2H3,(H4,17,18,19)/t12-/m0/s1. The maximum Gasteiger partial charge on any atom is 0.239 e. The van der Waals surface area contributed by atoms with E-state index in [2.05, 4.69) is 15.0 Å². The van der Waals surface area contributed by atoms with Crippen molar-refractivity contribution in [3.8, 4) is 0 Å². The molecule has 9 heteroatoms. The Labute approximate surface area is 142 Å². The topological polar surface area (TPSA) is 140 Å². The second-order valence-corrected chi connectivity index (χ2v) is 5.64. The first-order valence-electron chi connectivity index (χ1n) is 7.96. The van der Waals surface area contributed by atoms with Gasteiger partial charge in [-0.05, 0) is 25.3 Å². The molecule has 0 saturated heterocycles. The molecule has 0 aliphatic heterocycles. The Morgan fingerprint density at radius 2 is 1.88 bits per heavy atom. The molecule has 9 nitrogen and oxygen atoms in total. The molecule has 0 spiro atoms. The molecule has 0 aliphatic carbocycles.